The zero-order valence-electron chi connectivity index (χ0n) is 13.8. The summed E-state index contributed by atoms with van der Waals surface area (Å²) in [5, 5.41) is 2.97. The molecule has 1 aliphatic heterocycles. The van der Waals surface area contributed by atoms with Crippen molar-refractivity contribution in [3.8, 4) is 0 Å². The van der Waals surface area contributed by atoms with E-state index in [0.717, 1.165) is 36.2 Å². The number of anilines is 1. The second kappa shape index (κ2) is 7.81. The van der Waals surface area contributed by atoms with Crippen LogP contribution in [0, 0.1) is 0 Å². The first-order valence-electron chi connectivity index (χ1n) is 8.18. The third-order valence-electron chi connectivity index (χ3n) is 4.38. The Morgan fingerprint density at radius 1 is 1.04 bits per heavy atom. The standard InChI is InChI=1S/C19H22BrN3O/c1-22-10-12-23(13-11-22)16-8-6-15(7-9-16)14-21-19(24)17-4-2-3-5-18(17)20/h2-9H,10-14H2,1H3,(H,21,24). The third-order valence-corrected chi connectivity index (χ3v) is 5.07. The second-order valence-corrected chi connectivity index (χ2v) is 6.97. The molecule has 4 nitrogen and oxygen atoms in total. The van der Waals surface area contributed by atoms with Gasteiger partial charge in [-0.3, -0.25) is 4.79 Å². The lowest BCUT2D eigenvalue weighted by Crippen LogP contribution is -2.44. The van der Waals surface area contributed by atoms with Crippen LogP contribution in [0.15, 0.2) is 53.0 Å². The Hall–Kier alpha value is -1.85. The Bertz CT molecular complexity index is 694. The molecule has 3 rings (SSSR count). The largest absolute Gasteiger partial charge is 0.369 e. The SMILES string of the molecule is CN1CCN(c2ccc(CNC(=O)c3ccccc3Br)cc2)CC1. The van der Waals surface area contributed by atoms with Crippen molar-refractivity contribution in [2.75, 3.05) is 38.1 Å². The molecule has 1 heterocycles. The molecule has 1 aliphatic rings. The fraction of sp³-hybridized carbons (Fsp3) is 0.316. The first-order chi connectivity index (χ1) is 11.6. The van der Waals surface area contributed by atoms with Crippen LogP contribution in [-0.4, -0.2) is 44.0 Å². The molecule has 1 fully saturated rings. The van der Waals surface area contributed by atoms with E-state index < -0.39 is 0 Å². The van der Waals surface area contributed by atoms with Gasteiger partial charge in [0.05, 0.1) is 5.56 Å². The smallest absolute Gasteiger partial charge is 0.252 e. The van der Waals surface area contributed by atoms with E-state index in [2.05, 4.69) is 62.4 Å². The summed E-state index contributed by atoms with van der Waals surface area (Å²) in [7, 11) is 2.16. The van der Waals surface area contributed by atoms with Crippen molar-refractivity contribution in [2.45, 2.75) is 6.54 Å². The Balaban J connectivity index is 1.57. The van der Waals surface area contributed by atoms with Gasteiger partial charge in [0.2, 0.25) is 0 Å². The number of halogens is 1. The average molecular weight is 388 g/mol. The number of nitrogens with one attached hydrogen (secondary N) is 1. The van der Waals surface area contributed by atoms with Crippen LogP contribution < -0.4 is 10.2 Å². The van der Waals surface area contributed by atoms with Gasteiger partial charge in [-0.25, -0.2) is 0 Å². The minimum Gasteiger partial charge on any atom is -0.369 e. The Kier molecular flexibility index (Phi) is 5.53. The first-order valence-corrected chi connectivity index (χ1v) is 8.98. The molecular weight excluding hydrogens is 366 g/mol. The van der Waals surface area contributed by atoms with Gasteiger partial charge in [0.25, 0.3) is 5.91 Å². The van der Waals surface area contributed by atoms with Gasteiger partial charge < -0.3 is 15.1 Å². The van der Waals surface area contributed by atoms with Crippen molar-refractivity contribution in [2.24, 2.45) is 0 Å². The zero-order valence-corrected chi connectivity index (χ0v) is 15.4. The highest BCUT2D eigenvalue weighted by Crippen LogP contribution is 2.18. The minimum absolute atomic E-state index is 0.0642. The van der Waals surface area contributed by atoms with Gasteiger partial charge in [-0.05, 0) is 52.8 Å². The number of hydrogen-bond donors (Lipinski definition) is 1. The monoisotopic (exact) mass is 387 g/mol. The van der Waals surface area contributed by atoms with E-state index in [1.807, 2.05) is 24.3 Å². The molecule has 0 saturated carbocycles. The lowest BCUT2D eigenvalue weighted by Gasteiger charge is -2.34. The second-order valence-electron chi connectivity index (χ2n) is 6.12. The van der Waals surface area contributed by atoms with E-state index in [1.165, 1.54) is 5.69 Å². The fourth-order valence-corrected chi connectivity index (χ4v) is 3.28. The van der Waals surface area contributed by atoms with Crippen LogP contribution in [0.3, 0.4) is 0 Å². The van der Waals surface area contributed by atoms with Gasteiger partial charge in [-0.2, -0.15) is 0 Å². The zero-order chi connectivity index (χ0) is 16.9. The van der Waals surface area contributed by atoms with Crippen LogP contribution in [0.25, 0.3) is 0 Å². The van der Waals surface area contributed by atoms with Gasteiger partial charge in [-0.1, -0.05) is 24.3 Å². The molecule has 0 spiro atoms. The van der Waals surface area contributed by atoms with Crippen LogP contribution in [0.4, 0.5) is 5.69 Å². The molecule has 126 valence electrons. The number of amides is 1. The van der Waals surface area contributed by atoms with Crippen LogP contribution in [-0.2, 0) is 6.54 Å². The van der Waals surface area contributed by atoms with E-state index in [9.17, 15) is 4.79 Å². The number of carbonyl (C=O) groups excluding carboxylic acids is 1. The van der Waals surface area contributed by atoms with Crippen LogP contribution in [0.1, 0.15) is 15.9 Å². The molecular formula is C19H22BrN3O. The first kappa shape index (κ1) is 17.0. The number of carbonyl (C=O) groups is 1. The summed E-state index contributed by atoms with van der Waals surface area (Å²) in [6.07, 6.45) is 0. The van der Waals surface area contributed by atoms with Crippen molar-refractivity contribution in [3.63, 3.8) is 0 Å². The highest BCUT2D eigenvalue weighted by molar-refractivity contribution is 9.10. The molecule has 24 heavy (non-hydrogen) atoms. The summed E-state index contributed by atoms with van der Waals surface area (Å²) >= 11 is 3.41. The highest BCUT2D eigenvalue weighted by atomic mass is 79.9. The maximum absolute atomic E-state index is 12.2. The molecule has 0 radical (unpaired) electrons. The molecule has 0 unspecified atom stereocenters. The van der Waals surface area contributed by atoms with Crippen LogP contribution in [0.5, 0.6) is 0 Å². The summed E-state index contributed by atoms with van der Waals surface area (Å²) in [6.45, 7) is 4.86. The number of piperazine rings is 1. The molecule has 2 aromatic carbocycles. The van der Waals surface area contributed by atoms with Crippen molar-refractivity contribution in [3.05, 3.63) is 64.1 Å². The Labute approximate surface area is 151 Å². The number of likely N-dealkylation sites (N-methyl/N-ethyl adjacent to an activating group) is 1. The summed E-state index contributed by atoms with van der Waals surface area (Å²) in [6, 6.07) is 15.9. The summed E-state index contributed by atoms with van der Waals surface area (Å²) < 4.78 is 0.813. The molecule has 0 bridgehead atoms. The molecule has 0 aromatic heterocycles. The number of rotatable bonds is 4. The quantitative estimate of drug-likeness (QED) is 0.874. The fourth-order valence-electron chi connectivity index (χ4n) is 2.81. The lowest BCUT2D eigenvalue weighted by atomic mass is 10.1. The van der Waals surface area contributed by atoms with Gasteiger partial charge >= 0.3 is 0 Å². The van der Waals surface area contributed by atoms with Gasteiger partial charge in [0, 0.05) is 42.9 Å². The van der Waals surface area contributed by atoms with E-state index >= 15 is 0 Å². The van der Waals surface area contributed by atoms with Gasteiger partial charge in [-0.15, -0.1) is 0 Å². The van der Waals surface area contributed by atoms with Gasteiger partial charge in [0.1, 0.15) is 0 Å². The summed E-state index contributed by atoms with van der Waals surface area (Å²) in [5.74, 6) is -0.0642. The lowest BCUT2D eigenvalue weighted by molar-refractivity contribution is 0.0950. The van der Waals surface area contributed by atoms with E-state index in [4.69, 9.17) is 0 Å². The highest BCUT2D eigenvalue weighted by Gasteiger charge is 2.14. The number of hydrogen-bond acceptors (Lipinski definition) is 3. The number of nitrogens with zero attached hydrogens (tertiary/aromatic N) is 2. The number of benzene rings is 2. The van der Waals surface area contributed by atoms with E-state index in [-0.39, 0.29) is 5.91 Å². The van der Waals surface area contributed by atoms with Crippen LogP contribution in [0.2, 0.25) is 0 Å². The summed E-state index contributed by atoms with van der Waals surface area (Å²) in [5.41, 5.74) is 3.02. The molecule has 1 amide bonds. The molecule has 0 aliphatic carbocycles. The predicted octanol–water partition coefficient (Wildman–Crippen LogP) is 3.13. The minimum atomic E-state index is -0.0642. The molecule has 2 aromatic rings. The van der Waals surface area contributed by atoms with Crippen molar-refractivity contribution >= 4 is 27.5 Å². The van der Waals surface area contributed by atoms with E-state index in [1.54, 1.807) is 0 Å². The normalized spacial score (nSPS) is 15.3. The third kappa shape index (κ3) is 4.16. The van der Waals surface area contributed by atoms with Crippen LogP contribution >= 0.6 is 15.9 Å². The molecule has 0 atom stereocenters. The van der Waals surface area contributed by atoms with Crippen molar-refractivity contribution in [1.29, 1.82) is 0 Å². The maximum Gasteiger partial charge on any atom is 0.252 e. The summed E-state index contributed by atoms with van der Waals surface area (Å²) in [4.78, 5) is 17.0. The maximum atomic E-state index is 12.2. The van der Waals surface area contributed by atoms with E-state index in [0.29, 0.717) is 12.1 Å². The molecule has 5 heteroatoms. The van der Waals surface area contributed by atoms with Crippen molar-refractivity contribution < 1.29 is 4.79 Å². The van der Waals surface area contributed by atoms with Gasteiger partial charge in [0.15, 0.2) is 0 Å². The van der Waals surface area contributed by atoms with Crippen molar-refractivity contribution in [1.82, 2.24) is 10.2 Å². The molecule has 1 saturated heterocycles. The average Bonchev–Trinajstić information content (AvgIpc) is 2.61. The Morgan fingerprint density at radius 3 is 2.38 bits per heavy atom. The topological polar surface area (TPSA) is 35.6 Å². The Morgan fingerprint density at radius 2 is 1.71 bits per heavy atom. The predicted molar refractivity (Wildman–Crippen MR) is 101 cm³/mol. The molecule has 1 N–H and O–H groups in total.